The van der Waals surface area contributed by atoms with E-state index in [0.29, 0.717) is 0 Å². The summed E-state index contributed by atoms with van der Waals surface area (Å²) < 4.78 is 2.26. The normalized spacial score (nSPS) is 10.9. The molecule has 1 rings (SSSR count). The smallest absolute Gasteiger partial charge is 0.391 e. The number of aromatic nitrogens is 2. The number of H-pyrrole nitrogens is 1. The van der Waals surface area contributed by atoms with Gasteiger partial charge in [0.05, 0.1) is 6.54 Å². The van der Waals surface area contributed by atoms with E-state index in [4.69, 9.17) is 40.2 Å². The minimum atomic E-state index is -2.94. The lowest BCUT2D eigenvalue weighted by molar-refractivity contribution is -0.699. The maximum absolute atomic E-state index is 4.99. The molecule has 0 aliphatic carbocycles. The van der Waals surface area contributed by atoms with Crippen LogP contribution in [0.1, 0.15) is 32.5 Å². The van der Waals surface area contributed by atoms with Crippen molar-refractivity contribution < 1.29 is 4.57 Å². The summed E-state index contributed by atoms with van der Waals surface area (Å²) in [7, 11) is 17.0. The van der Waals surface area contributed by atoms with E-state index in [2.05, 4.69) is 29.6 Å². The van der Waals surface area contributed by atoms with Gasteiger partial charge in [0.2, 0.25) is 0 Å². The largest absolute Gasteiger partial charge is 0.564 e. The first kappa shape index (κ1) is 16.9. The number of halogens is 4. The molecule has 0 fully saturated rings. The minimum Gasteiger partial charge on any atom is -0.391 e. The average molecular weight is 322 g/mol. The fourth-order valence-electron chi connectivity index (χ4n) is 1.25. The second-order valence-electron chi connectivity index (χ2n) is 3.29. The molecule has 0 radical (unpaired) electrons. The maximum Gasteiger partial charge on any atom is 0.564 e. The van der Waals surface area contributed by atoms with Gasteiger partial charge in [0.25, 0.3) is 5.82 Å². The SMILES string of the molecule is CCCCc1[nH]cc[n+]1CC.[Cl][Al-]([Cl])([Cl])[Cl]. The van der Waals surface area contributed by atoms with Gasteiger partial charge in [-0.3, -0.25) is 0 Å². The van der Waals surface area contributed by atoms with E-state index in [1.165, 1.54) is 25.1 Å². The summed E-state index contributed by atoms with van der Waals surface area (Å²) in [6, 6.07) is 0. The first-order valence-electron chi connectivity index (χ1n) is 5.31. The molecule has 1 N–H and O–H groups in total. The third-order valence-electron chi connectivity index (χ3n) is 1.96. The number of hydrogen-bond acceptors (Lipinski definition) is 0. The van der Waals surface area contributed by atoms with Crippen molar-refractivity contribution in [2.24, 2.45) is 0 Å². The van der Waals surface area contributed by atoms with Crippen molar-refractivity contribution in [3.05, 3.63) is 18.2 Å². The van der Waals surface area contributed by atoms with E-state index in [-0.39, 0.29) is 0 Å². The van der Waals surface area contributed by atoms with Crippen molar-refractivity contribution >= 4 is 49.6 Å². The van der Waals surface area contributed by atoms with Crippen LogP contribution in [0.15, 0.2) is 12.4 Å². The summed E-state index contributed by atoms with van der Waals surface area (Å²) in [5, 5.41) is 0. The van der Waals surface area contributed by atoms with Crippen LogP contribution >= 0.6 is 40.2 Å². The van der Waals surface area contributed by atoms with E-state index < -0.39 is 9.39 Å². The molecule has 0 amide bonds. The van der Waals surface area contributed by atoms with Gasteiger partial charge in [-0.2, -0.15) is 0 Å². The van der Waals surface area contributed by atoms with Crippen LogP contribution in [0.5, 0.6) is 0 Å². The molecule has 0 aliphatic heterocycles. The summed E-state index contributed by atoms with van der Waals surface area (Å²) in [4.78, 5) is 3.25. The van der Waals surface area contributed by atoms with Crippen molar-refractivity contribution in [2.45, 2.75) is 39.7 Å². The zero-order valence-corrected chi connectivity index (χ0v) is 13.7. The molecule has 1 aromatic rings. The van der Waals surface area contributed by atoms with Crippen LogP contribution < -0.4 is 4.57 Å². The van der Waals surface area contributed by atoms with Crippen molar-refractivity contribution in [3.8, 4) is 0 Å². The van der Waals surface area contributed by atoms with E-state index in [0.717, 1.165) is 6.54 Å². The molecule has 0 aliphatic rings. The Kier molecular flexibility index (Phi) is 9.42. The van der Waals surface area contributed by atoms with E-state index in [1.54, 1.807) is 0 Å². The number of aryl methyl sites for hydroxylation is 2. The second-order valence-corrected chi connectivity index (χ2v) is 16.2. The van der Waals surface area contributed by atoms with Crippen LogP contribution in [0, 0.1) is 0 Å². The van der Waals surface area contributed by atoms with Crippen molar-refractivity contribution in [1.29, 1.82) is 0 Å². The Hall–Kier alpha value is 0.902. The van der Waals surface area contributed by atoms with Crippen molar-refractivity contribution in [1.82, 2.24) is 4.98 Å². The molecule has 0 atom stereocenters. The van der Waals surface area contributed by atoms with Crippen LogP contribution in [-0.2, 0) is 13.0 Å². The molecule has 0 saturated heterocycles. The van der Waals surface area contributed by atoms with Crippen LogP contribution in [0.4, 0.5) is 0 Å². The Labute approximate surface area is 116 Å². The molecule has 0 saturated carbocycles. The van der Waals surface area contributed by atoms with Crippen LogP contribution in [-0.4, -0.2) is 14.4 Å². The quantitative estimate of drug-likeness (QED) is 0.638. The van der Waals surface area contributed by atoms with Gasteiger partial charge in [-0.25, -0.2) is 9.55 Å². The van der Waals surface area contributed by atoms with Gasteiger partial charge in [0.15, 0.2) is 0 Å². The topological polar surface area (TPSA) is 19.7 Å². The maximum atomic E-state index is 4.99. The summed E-state index contributed by atoms with van der Waals surface area (Å²) >= 11 is 0. The summed E-state index contributed by atoms with van der Waals surface area (Å²) in [5.74, 6) is 1.36. The van der Waals surface area contributed by atoms with E-state index >= 15 is 0 Å². The number of imidazole rings is 1. The fourth-order valence-corrected chi connectivity index (χ4v) is 1.25. The number of rotatable bonds is 4. The number of nitrogens with zero attached hydrogens (tertiary/aromatic N) is 1. The lowest BCUT2D eigenvalue weighted by atomic mass is 10.2. The zero-order chi connectivity index (χ0) is 12.6. The van der Waals surface area contributed by atoms with Gasteiger partial charge in [-0.15, -0.1) is 0 Å². The van der Waals surface area contributed by atoms with E-state index in [1.807, 2.05) is 6.20 Å². The third-order valence-corrected chi connectivity index (χ3v) is 1.96. The first-order chi connectivity index (χ1) is 7.38. The van der Waals surface area contributed by atoms with Crippen molar-refractivity contribution in [3.63, 3.8) is 0 Å². The predicted molar refractivity (Wildman–Crippen MR) is 74.4 cm³/mol. The van der Waals surface area contributed by atoms with Gasteiger partial charge in [0.1, 0.15) is 12.4 Å². The van der Waals surface area contributed by atoms with Gasteiger partial charge in [-0.05, 0) is 13.3 Å². The zero-order valence-electron chi connectivity index (χ0n) is 9.52. The Morgan fingerprint density at radius 1 is 1.25 bits per heavy atom. The summed E-state index contributed by atoms with van der Waals surface area (Å²) in [6.07, 6.45) is 7.83. The number of aromatic amines is 1. The fraction of sp³-hybridized carbons (Fsp3) is 0.667. The highest BCUT2D eigenvalue weighted by Crippen LogP contribution is 2.23. The molecule has 94 valence electrons. The Balaban J connectivity index is 0.000000385. The van der Waals surface area contributed by atoms with Gasteiger partial charge < -0.3 is 40.2 Å². The third kappa shape index (κ3) is 10.1. The monoisotopic (exact) mass is 320 g/mol. The predicted octanol–water partition coefficient (Wildman–Crippen LogP) is 4.04. The molecule has 7 heteroatoms. The molecule has 0 unspecified atom stereocenters. The standard InChI is InChI=1S/C9H16N2.Al.4ClH/c1-3-5-6-9-10-7-8-11(9)4-2;;;;;/h7-8H,3-6H2,1-2H3;;4*1H/q;+3;;;;/p-3. The van der Waals surface area contributed by atoms with Gasteiger partial charge in [0, 0.05) is 6.42 Å². The van der Waals surface area contributed by atoms with Gasteiger partial charge >= 0.3 is 9.39 Å². The molecule has 0 bridgehead atoms. The molecule has 2 nitrogen and oxygen atoms in total. The lowest BCUT2D eigenvalue weighted by Crippen LogP contribution is -2.34. The number of nitrogens with one attached hydrogen (secondary N) is 1. The number of hydrogen-bond donors (Lipinski definition) is 1. The van der Waals surface area contributed by atoms with E-state index in [9.17, 15) is 0 Å². The van der Waals surface area contributed by atoms with Crippen LogP contribution in [0.3, 0.4) is 0 Å². The molecule has 16 heavy (non-hydrogen) atoms. The molecule has 0 spiro atoms. The average Bonchev–Trinajstić information content (AvgIpc) is 2.59. The Bertz CT molecular complexity index is 279. The van der Waals surface area contributed by atoms with Crippen molar-refractivity contribution in [2.75, 3.05) is 0 Å². The highest BCUT2D eigenvalue weighted by Gasteiger charge is 2.14. The first-order valence-corrected chi connectivity index (χ1v) is 12.3. The van der Waals surface area contributed by atoms with Gasteiger partial charge in [-0.1, -0.05) is 13.3 Å². The molecular weight excluding hydrogens is 305 g/mol. The highest BCUT2D eigenvalue weighted by atomic mass is 35.9. The molecule has 1 aromatic heterocycles. The van der Waals surface area contributed by atoms with Crippen LogP contribution in [0.2, 0.25) is 0 Å². The molecule has 1 heterocycles. The summed E-state index contributed by atoms with van der Waals surface area (Å²) in [5.41, 5.74) is 0. The highest BCUT2D eigenvalue weighted by molar-refractivity contribution is 7.81. The lowest BCUT2D eigenvalue weighted by Gasteiger charge is -1.97. The number of unbranched alkanes of at least 4 members (excludes halogenated alkanes) is 1. The Morgan fingerprint density at radius 3 is 2.25 bits per heavy atom. The summed E-state index contributed by atoms with van der Waals surface area (Å²) in [6.45, 7) is 5.46. The Morgan fingerprint density at radius 2 is 1.81 bits per heavy atom. The second kappa shape index (κ2) is 8.92. The minimum absolute atomic E-state index is 1.07. The molecular formula is C9H17AlCl4N2. The molecule has 0 aromatic carbocycles. The van der Waals surface area contributed by atoms with Crippen LogP contribution in [0.25, 0.3) is 0 Å².